The molecule has 0 aliphatic heterocycles. The van der Waals surface area contributed by atoms with Gasteiger partial charge in [-0.3, -0.25) is 4.79 Å². The average molecular weight is 450 g/mol. The molecule has 0 aliphatic rings. The standard InChI is InChI=1S/C20H18BrClN2O3/c1-3-26-18-10-13(9-17(22)19(18)27-4-2)8-14(12-23)20(25)24-16-7-5-6-15(21)11-16/h5-11H,3-4H2,1-2H3,(H,24,25)/b14-8-. The number of hydrogen-bond acceptors (Lipinski definition) is 4. The van der Waals surface area contributed by atoms with Crippen molar-refractivity contribution in [2.75, 3.05) is 18.5 Å². The number of anilines is 1. The molecule has 0 saturated carbocycles. The van der Waals surface area contributed by atoms with Crippen LogP contribution >= 0.6 is 27.5 Å². The van der Waals surface area contributed by atoms with Gasteiger partial charge >= 0.3 is 0 Å². The van der Waals surface area contributed by atoms with Gasteiger partial charge in [0.1, 0.15) is 11.6 Å². The first-order chi connectivity index (χ1) is 13.0. The maximum absolute atomic E-state index is 12.4. The molecule has 0 heterocycles. The van der Waals surface area contributed by atoms with Crippen molar-refractivity contribution in [2.24, 2.45) is 0 Å². The van der Waals surface area contributed by atoms with Crippen LogP contribution in [0.4, 0.5) is 5.69 Å². The zero-order valence-corrected chi connectivity index (χ0v) is 17.2. The van der Waals surface area contributed by atoms with Crippen molar-refractivity contribution in [3.63, 3.8) is 0 Å². The van der Waals surface area contributed by atoms with Crippen molar-refractivity contribution >= 4 is 45.2 Å². The normalized spacial score (nSPS) is 10.9. The molecular formula is C20H18BrClN2O3. The Balaban J connectivity index is 2.33. The SMILES string of the molecule is CCOc1cc(/C=C(/C#N)C(=O)Nc2cccc(Br)c2)cc(Cl)c1OCC. The molecule has 0 radical (unpaired) electrons. The van der Waals surface area contributed by atoms with Crippen LogP contribution in [0.15, 0.2) is 46.4 Å². The van der Waals surface area contributed by atoms with Crippen LogP contribution < -0.4 is 14.8 Å². The summed E-state index contributed by atoms with van der Waals surface area (Å²) in [6, 6.07) is 12.3. The zero-order valence-electron chi connectivity index (χ0n) is 14.9. The molecular weight excluding hydrogens is 432 g/mol. The van der Waals surface area contributed by atoms with Crippen LogP contribution in [0, 0.1) is 11.3 Å². The monoisotopic (exact) mass is 448 g/mol. The zero-order chi connectivity index (χ0) is 19.8. The minimum atomic E-state index is -0.515. The summed E-state index contributed by atoms with van der Waals surface area (Å²) in [5.41, 5.74) is 1.08. The highest BCUT2D eigenvalue weighted by Gasteiger charge is 2.14. The van der Waals surface area contributed by atoms with Crippen molar-refractivity contribution in [3.05, 3.63) is 57.0 Å². The van der Waals surface area contributed by atoms with E-state index in [9.17, 15) is 10.1 Å². The van der Waals surface area contributed by atoms with Gasteiger partial charge in [0.25, 0.3) is 5.91 Å². The number of halogens is 2. The Kier molecular flexibility index (Phi) is 7.71. The lowest BCUT2D eigenvalue weighted by Crippen LogP contribution is -2.13. The molecule has 0 spiro atoms. The van der Waals surface area contributed by atoms with E-state index in [0.717, 1.165) is 4.47 Å². The Morgan fingerprint density at radius 3 is 2.63 bits per heavy atom. The third-order valence-corrected chi connectivity index (χ3v) is 4.15. The van der Waals surface area contributed by atoms with Gasteiger partial charge in [0, 0.05) is 10.2 Å². The smallest absolute Gasteiger partial charge is 0.266 e. The van der Waals surface area contributed by atoms with Gasteiger partial charge in [-0.2, -0.15) is 5.26 Å². The van der Waals surface area contributed by atoms with Gasteiger partial charge in [-0.1, -0.05) is 33.6 Å². The van der Waals surface area contributed by atoms with Gasteiger partial charge in [0.05, 0.1) is 18.2 Å². The Hall–Kier alpha value is -2.49. The Labute approximate surface area is 171 Å². The summed E-state index contributed by atoms with van der Waals surface area (Å²) in [6.45, 7) is 4.56. The maximum atomic E-state index is 12.4. The molecule has 7 heteroatoms. The first-order valence-corrected chi connectivity index (χ1v) is 9.43. The summed E-state index contributed by atoms with van der Waals surface area (Å²) in [5.74, 6) is 0.386. The first kappa shape index (κ1) is 20.8. The van der Waals surface area contributed by atoms with E-state index in [1.807, 2.05) is 26.0 Å². The predicted molar refractivity (Wildman–Crippen MR) is 110 cm³/mol. The molecule has 2 aromatic carbocycles. The summed E-state index contributed by atoms with van der Waals surface area (Å²) in [5, 5.41) is 12.4. The summed E-state index contributed by atoms with van der Waals surface area (Å²) in [7, 11) is 0. The highest BCUT2D eigenvalue weighted by molar-refractivity contribution is 9.10. The predicted octanol–water partition coefficient (Wildman–Crippen LogP) is 5.45. The fourth-order valence-electron chi connectivity index (χ4n) is 2.30. The van der Waals surface area contributed by atoms with Crippen LogP contribution in [0.25, 0.3) is 6.08 Å². The molecule has 5 nitrogen and oxygen atoms in total. The molecule has 140 valence electrons. The van der Waals surface area contributed by atoms with Crippen LogP contribution in [0.3, 0.4) is 0 Å². The first-order valence-electron chi connectivity index (χ1n) is 8.26. The third kappa shape index (κ3) is 5.75. The Morgan fingerprint density at radius 1 is 1.26 bits per heavy atom. The van der Waals surface area contributed by atoms with Crippen molar-refractivity contribution in [2.45, 2.75) is 13.8 Å². The van der Waals surface area contributed by atoms with E-state index >= 15 is 0 Å². The quantitative estimate of drug-likeness (QED) is 0.451. The number of ether oxygens (including phenoxy) is 2. The van der Waals surface area contributed by atoms with Gasteiger partial charge in [-0.05, 0) is 55.8 Å². The number of amides is 1. The van der Waals surface area contributed by atoms with E-state index in [1.54, 1.807) is 30.3 Å². The van der Waals surface area contributed by atoms with Crippen molar-refractivity contribution in [3.8, 4) is 17.6 Å². The van der Waals surface area contributed by atoms with E-state index in [0.29, 0.717) is 41.0 Å². The molecule has 0 saturated heterocycles. The van der Waals surface area contributed by atoms with Gasteiger partial charge < -0.3 is 14.8 Å². The minimum absolute atomic E-state index is 0.0577. The molecule has 0 aromatic heterocycles. The Bertz CT molecular complexity index is 907. The summed E-state index contributed by atoms with van der Waals surface area (Å²) in [6.07, 6.45) is 1.46. The second-order valence-corrected chi connectivity index (χ2v) is 6.65. The molecule has 1 amide bonds. The number of benzene rings is 2. The number of nitriles is 1. The summed E-state index contributed by atoms with van der Waals surface area (Å²) >= 11 is 9.62. The number of rotatable bonds is 7. The van der Waals surface area contributed by atoms with Crippen LogP contribution in [0.1, 0.15) is 19.4 Å². The van der Waals surface area contributed by atoms with E-state index in [2.05, 4.69) is 21.2 Å². The molecule has 0 aliphatic carbocycles. The summed E-state index contributed by atoms with van der Waals surface area (Å²) in [4.78, 5) is 12.4. The maximum Gasteiger partial charge on any atom is 0.266 e. The van der Waals surface area contributed by atoms with E-state index in [-0.39, 0.29) is 5.57 Å². The lowest BCUT2D eigenvalue weighted by molar-refractivity contribution is -0.112. The van der Waals surface area contributed by atoms with E-state index in [1.165, 1.54) is 6.08 Å². The van der Waals surface area contributed by atoms with Crippen molar-refractivity contribution in [1.82, 2.24) is 0 Å². The van der Waals surface area contributed by atoms with Gasteiger partial charge in [0.2, 0.25) is 0 Å². The largest absolute Gasteiger partial charge is 0.490 e. The fourth-order valence-corrected chi connectivity index (χ4v) is 2.97. The molecule has 1 N–H and O–H groups in total. The van der Waals surface area contributed by atoms with Crippen molar-refractivity contribution < 1.29 is 14.3 Å². The second kappa shape index (κ2) is 10.0. The average Bonchev–Trinajstić information content (AvgIpc) is 2.62. The lowest BCUT2D eigenvalue weighted by Gasteiger charge is -2.13. The molecule has 2 aromatic rings. The lowest BCUT2D eigenvalue weighted by atomic mass is 10.1. The number of nitrogens with one attached hydrogen (secondary N) is 1. The molecule has 2 rings (SSSR count). The molecule has 27 heavy (non-hydrogen) atoms. The number of nitrogens with zero attached hydrogens (tertiary/aromatic N) is 1. The van der Waals surface area contributed by atoms with Gasteiger partial charge in [-0.15, -0.1) is 0 Å². The highest BCUT2D eigenvalue weighted by Crippen LogP contribution is 2.37. The number of hydrogen-bond donors (Lipinski definition) is 1. The van der Waals surface area contributed by atoms with Gasteiger partial charge in [0.15, 0.2) is 11.5 Å². The number of carbonyl (C=O) groups excluding carboxylic acids is 1. The van der Waals surface area contributed by atoms with Crippen LogP contribution in [-0.2, 0) is 4.79 Å². The minimum Gasteiger partial charge on any atom is -0.490 e. The molecule has 0 bridgehead atoms. The number of carbonyl (C=O) groups is 1. The van der Waals surface area contributed by atoms with E-state index < -0.39 is 5.91 Å². The summed E-state index contributed by atoms with van der Waals surface area (Å²) < 4.78 is 11.9. The highest BCUT2D eigenvalue weighted by atomic mass is 79.9. The molecule has 0 fully saturated rings. The Morgan fingerprint density at radius 2 is 2.00 bits per heavy atom. The molecule has 0 unspecified atom stereocenters. The van der Waals surface area contributed by atoms with E-state index in [4.69, 9.17) is 21.1 Å². The topological polar surface area (TPSA) is 71.3 Å². The van der Waals surface area contributed by atoms with Crippen LogP contribution in [-0.4, -0.2) is 19.1 Å². The van der Waals surface area contributed by atoms with Crippen molar-refractivity contribution in [1.29, 1.82) is 5.26 Å². The third-order valence-electron chi connectivity index (χ3n) is 3.38. The van der Waals surface area contributed by atoms with Crippen LogP contribution in [0.5, 0.6) is 11.5 Å². The van der Waals surface area contributed by atoms with Crippen LogP contribution in [0.2, 0.25) is 5.02 Å². The van der Waals surface area contributed by atoms with Gasteiger partial charge in [-0.25, -0.2) is 0 Å². The molecule has 0 atom stereocenters. The fraction of sp³-hybridized carbons (Fsp3) is 0.200. The second-order valence-electron chi connectivity index (χ2n) is 5.33.